The summed E-state index contributed by atoms with van der Waals surface area (Å²) in [5.41, 5.74) is 0. The van der Waals surface area contributed by atoms with E-state index < -0.39 is 0 Å². The molecule has 0 aliphatic rings. The molecule has 0 fully saturated rings. The molecule has 0 spiro atoms. The Balaban J connectivity index is 2.45. The van der Waals surface area contributed by atoms with E-state index in [2.05, 4.69) is 60.0 Å². The number of anilines is 2. The number of hydrogen-bond acceptors (Lipinski definition) is 6. The average molecular weight is 340 g/mol. The lowest BCUT2D eigenvalue weighted by Crippen LogP contribution is -2.25. The largest absolute Gasteiger partial charge is 0.354 e. The molecule has 0 amide bonds. The molecule has 0 aliphatic carbocycles. The number of rotatable bonds is 6. The maximum Gasteiger partial charge on any atom is 0.257 e. The van der Waals surface area contributed by atoms with Crippen molar-refractivity contribution < 1.29 is 0 Å². The van der Waals surface area contributed by atoms with E-state index in [1.807, 2.05) is 13.1 Å². The summed E-state index contributed by atoms with van der Waals surface area (Å²) in [6.07, 6.45) is 3.52. The molecule has 0 saturated heterocycles. The van der Waals surface area contributed by atoms with Gasteiger partial charge in [0, 0.05) is 25.8 Å². The van der Waals surface area contributed by atoms with Gasteiger partial charge in [-0.3, -0.25) is 0 Å². The third-order valence-electron chi connectivity index (χ3n) is 2.75. The van der Waals surface area contributed by atoms with Crippen LogP contribution in [-0.4, -0.2) is 44.4 Å². The number of halogens is 1. The monoisotopic (exact) mass is 339 g/mol. The van der Waals surface area contributed by atoms with Crippen LogP contribution in [0.25, 0.3) is 5.95 Å². The third kappa shape index (κ3) is 3.24. The van der Waals surface area contributed by atoms with Crippen LogP contribution in [0.3, 0.4) is 0 Å². The molecule has 7 nitrogen and oxygen atoms in total. The topological polar surface area (TPSA) is 71.8 Å². The minimum Gasteiger partial charge on any atom is -0.354 e. The number of aromatic nitrogens is 5. The molecule has 2 aromatic rings. The predicted molar refractivity (Wildman–Crippen MR) is 82.4 cm³/mol. The van der Waals surface area contributed by atoms with E-state index in [-0.39, 0.29) is 0 Å². The van der Waals surface area contributed by atoms with Gasteiger partial charge in [-0.25, -0.2) is 4.68 Å². The van der Waals surface area contributed by atoms with Crippen molar-refractivity contribution in [3.63, 3.8) is 0 Å². The van der Waals surface area contributed by atoms with Crippen molar-refractivity contribution in [2.45, 2.75) is 20.8 Å². The number of hydrogen-bond donors (Lipinski definition) is 1. The molecule has 1 N–H and O–H groups in total. The Labute approximate surface area is 126 Å². The summed E-state index contributed by atoms with van der Waals surface area (Å²) in [7, 11) is 0. The number of nitrogens with zero attached hydrogens (tertiary/aromatic N) is 6. The van der Waals surface area contributed by atoms with Crippen molar-refractivity contribution in [2.24, 2.45) is 0 Å². The van der Waals surface area contributed by atoms with Crippen LogP contribution in [0, 0.1) is 0 Å². The molecule has 0 atom stereocenters. The van der Waals surface area contributed by atoms with E-state index in [4.69, 9.17) is 0 Å². The second-order valence-corrected chi connectivity index (χ2v) is 4.98. The first-order valence-electron chi connectivity index (χ1n) is 6.63. The van der Waals surface area contributed by atoms with Crippen LogP contribution >= 0.6 is 15.9 Å². The van der Waals surface area contributed by atoms with Crippen molar-refractivity contribution in [3.8, 4) is 5.95 Å². The maximum absolute atomic E-state index is 4.48. The highest BCUT2D eigenvalue weighted by atomic mass is 79.9. The van der Waals surface area contributed by atoms with Crippen LogP contribution in [0.5, 0.6) is 0 Å². The molecular weight excluding hydrogens is 322 g/mol. The molecule has 0 unspecified atom stereocenters. The van der Waals surface area contributed by atoms with Gasteiger partial charge in [0.15, 0.2) is 0 Å². The summed E-state index contributed by atoms with van der Waals surface area (Å²) in [6.45, 7) is 8.59. The fraction of sp³-hybridized carbons (Fsp3) is 0.500. The molecule has 20 heavy (non-hydrogen) atoms. The second-order valence-electron chi connectivity index (χ2n) is 4.06. The van der Waals surface area contributed by atoms with E-state index >= 15 is 0 Å². The van der Waals surface area contributed by atoms with Gasteiger partial charge < -0.3 is 10.2 Å². The molecule has 8 heteroatoms. The Hall–Kier alpha value is -1.70. The van der Waals surface area contributed by atoms with Gasteiger partial charge in [-0.15, -0.1) is 0 Å². The van der Waals surface area contributed by atoms with Gasteiger partial charge in [-0.05, 0) is 36.7 Å². The van der Waals surface area contributed by atoms with Gasteiger partial charge in [0.05, 0.1) is 10.7 Å². The fourth-order valence-electron chi connectivity index (χ4n) is 1.75. The zero-order valence-corrected chi connectivity index (χ0v) is 13.4. The Morgan fingerprint density at radius 1 is 1.20 bits per heavy atom. The molecule has 2 rings (SSSR count). The van der Waals surface area contributed by atoms with Crippen molar-refractivity contribution in [1.29, 1.82) is 0 Å². The quantitative estimate of drug-likeness (QED) is 0.868. The van der Waals surface area contributed by atoms with Crippen LogP contribution in [0.2, 0.25) is 0 Å². The molecular formula is C12H18BrN7. The van der Waals surface area contributed by atoms with Crippen molar-refractivity contribution in [3.05, 3.63) is 16.9 Å². The maximum atomic E-state index is 4.48. The molecule has 0 aliphatic heterocycles. The molecule has 2 heterocycles. The summed E-state index contributed by atoms with van der Waals surface area (Å²) in [4.78, 5) is 15.4. The van der Waals surface area contributed by atoms with Gasteiger partial charge in [0.2, 0.25) is 11.9 Å². The molecule has 0 radical (unpaired) electrons. The lowest BCUT2D eigenvalue weighted by atomic mass is 10.5. The highest BCUT2D eigenvalue weighted by molar-refractivity contribution is 9.10. The fourth-order valence-corrected chi connectivity index (χ4v) is 2.04. The van der Waals surface area contributed by atoms with E-state index in [1.165, 1.54) is 0 Å². The first-order valence-corrected chi connectivity index (χ1v) is 7.42. The second kappa shape index (κ2) is 6.65. The normalized spacial score (nSPS) is 10.6. The van der Waals surface area contributed by atoms with Crippen LogP contribution in [0.1, 0.15) is 20.8 Å². The lowest BCUT2D eigenvalue weighted by Gasteiger charge is -2.19. The summed E-state index contributed by atoms with van der Waals surface area (Å²) in [6, 6.07) is 0. The van der Waals surface area contributed by atoms with E-state index in [0.29, 0.717) is 17.8 Å². The van der Waals surface area contributed by atoms with Crippen LogP contribution in [0.4, 0.5) is 11.9 Å². The minimum atomic E-state index is 0.503. The molecule has 0 bridgehead atoms. The van der Waals surface area contributed by atoms with Crippen molar-refractivity contribution in [1.82, 2.24) is 24.7 Å². The van der Waals surface area contributed by atoms with E-state index in [9.17, 15) is 0 Å². The van der Waals surface area contributed by atoms with Crippen LogP contribution < -0.4 is 10.2 Å². The van der Waals surface area contributed by atoms with Gasteiger partial charge in [0.1, 0.15) is 0 Å². The zero-order chi connectivity index (χ0) is 14.5. The predicted octanol–water partition coefficient (Wildman–Crippen LogP) is 2.10. The van der Waals surface area contributed by atoms with Crippen LogP contribution in [0.15, 0.2) is 16.9 Å². The highest BCUT2D eigenvalue weighted by Gasteiger charge is 2.12. The van der Waals surface area contributed by atoms with Gasteiger partial charge >= 0.3 is 0 Å². The Kier molecular flexibility index (Phi) is 4.89. The number of nitrogens with one attached hydrogen (secondary N) is 1. The van der Waals surface area contributed by atoms with Gasteiger partial charge in [-0.2, -0.15) is 20.1 Å². The van der Waals surface area contributed by atoms with Crippen molar-refractivity contribution >= 4 is 27.8 Å². The first-order chi connectivity index (χ1) is 9.67. The van der Waals surface area contributed by atoms with Gasteiger partial charge in [-0.1, -0.05) is 0 Å². The summed E-state index contributed by atoms with van der Waals surface area (Å²) in [5, 5.41) is 7.34. The summed E-state index contributed by atoms with van der Waals surface area (Å²) >= 11 is 3.37. The third-order valence-corrected chi connectivity index (χ3v) is 3.16. The summed E-state index contributed by atoms with van der Waals surface area (Å²) in [5.74, 6) is 1.72. The van der Waals surface area contributed by atoms with E-state index in [1.54, 1.807) is 10.9 Å². The lowest BCUT2D eigenvalue weighted by molar-refractivity contribution is 0.761. The Morgan fingerprint density at radius 2 is 1.95 bits per heavy atom. The molecule has 108 valence electrons. The van der Waals surface area contributed by atoms with E-state index in [0.717, 1.165) is 24.1 Å². The zero-order valence-electron chi connectivity index (χ0n) is 11.8. The molecule has 2 aromatic heterocycles. The van der Waals surface area contributed by atoms with Crippen LogP contribution in [-0.2, 0) is 0 Å². The standard InChI is InChI=1S/C12H18BrN7/c1-4-14-10-16-11(19(5-2)6-3)18-12(17-10)20-8-9(13)7-15-20/h7-8H,4-6H2,1-3H3,(H,14,16,17,18). The van der Waals surface area contributed by atoms with Crippen molar-refractivity contribution in [2.75, 3.05) is 29.9 Å². The summed E-state index contributed by atoms with van der Waals surface area (Å²) < 4.78 is 2.51. The minimum absolute atomic E-state index is 0.503. The Bertz CT molecular complexity index is 565. The molecule has 0 aromatic carbocycles. The first kappa shape index (κ1) is 14.7. The Morgan fingerprint density at radius 3 is 2.50 bits per heavy atom. The molecule has 0 saturated carbocycles. The average Bonchev–Trinajstić information content (AvgIpc) is 2.87. The van der Waals surface area contributed by atoms with Gasteiger partial charge in [0.25, 0.3) is 5.95 Å². The highest BCUT2D eigenvalue weighted by Crippen LogP contribution is 2.15. The SMILES string of the molecule is CCNc1nc(N(CC)CC)nc(-n2cc(Br)cn2)n1. The smallest absolute Gasteiger partial charge is 0.257 e.